The van der Waals surface area contributed by atoms with Gasteiger partial charge in [-0.3, -0.25) is 9.69 Å². The Labute approximate surface area is 176 Å². The molecule has 0 saturated carbocycles. The summed E-state index contributed by atoms with van der Waals surface area (Å²) in [6, 6.07) is 13.0. The number of hydrogen-bond acceptors (Lipinski definition) is 4. The van der Waals surface area contributed by atoms with Crippen LogP contribution in [0, 0.1) is 6.92 Å². The first-order valence-corrected chi connectivity index (χ1v) is 10.3. The number of H-pyrrole nitrogens is 1. The topological polar surface area (TPSA) is 81.3 Å². The number of benzene rings is 2. The molecule has 150 valence electrons. The minimum Gasteiger partial charge on any atom is -0.322 e. The maximum absolute atomic E-state index is 12.6. The summed E-state index contributed by atoms with van der Waals surface area (Å²) in [5.74, 6) is 0.649. The number of aromatic nitrogens is 2. The largest absolute Gasteiger partial charge is 0.322 e. The predicted molar refractivity (Wildman–Crippen MR) is 117 cm³/mol. The third kappa shape index (κ3) is 4.33. The first-order valence-electron chi connectivity index (χ1n) is 9.52. The number of halogens is 1. The van der Waals surface area contributed by atoms with E-state index < -0.39 is 0 Å². The Hall–Kier alpha value is -2.71. The van der Waals surface area contributed by atoms with Crippen molar-refractivity contribution in [2.45, 2.75) is 13.5 Å². The fraction of sp³-hybridized carbons (Fsp3) is 0.286. The number of hydrogen-bond donors (Lipinski definition) is 2. The molecule has 3 aromatic rings. The molecule has 2 N–H and O–H groups in total. The number of nitrogens with one attached hydrogen (secondary N) is 2. The average Bonchev–Trinajstić information content (AvgIpc) is 2.72. The smallest absolute Gasteiger partial charge is 0.321 e. The van der Waals surface area contributed by atoms with Gasteiger partial charge in [0.1, 0.15) is 5.82 Å². The van der Waals surface area contributed by atoms with Gasteiger partial charge in [0.15, 0.2) is 0 Å². The second kappa shape index (κ2) is 8.34. The highest BCUT2D eigenvalue weighted by atomic mass is 79.9. The second-order valence-corrected chi connectivity index (χ2v) is 7.99. The maximum atomic E-state index is 12.6. The van der Waals surface area contributed by atoms with E-state index in [9.17, 15) is 9.59 Å². The van der Waals surface area contributed by atoms with Gasteiger partial charge >= 0.3 is 6.03 Å². The lowest BCUT2D eigenvalue weighted by molar-refractivity contribution is 0.141. The van der Waals surface area contributed by atoms with E-state index in [1.165, 1.54) is 0 Å². The van der Waals surface area contributed by atoms with Crippen LogP contribution in [0.3, 0.4) is 0 Å². The standard InChI is InChI=1S/C21H22BrN5O2/c1-14-16(22)6-4-8-17(14)24-21(29)27-11-9-26(10-12-27)13-19-23-18-7-3-2-5-15(18)20(28)25-19/h2-8H,9-13H2,1H3,(H,24,29)(H,23,25,28). The number of rotatable bonds is 3. The number of para-hydroxylation sites is 1. The van der Waals surface area contributed by atoms with Crippen molar-refractivity contribution >= 4 is 38.6 Å². The molecule has 0 bridgehead atoms. The molecule has 2 aromatic carbocycles. The molecule has 1 saturated heterocycles. The zero-order valence-corrected chi connectivity index (χ0v) is 17.7. The maximum Gasteiger partial charge on any atom is 0.321 e. The van der Waals surface area contributed by atoms with Crippen LogP contribution in [0.1, 0.15) is 11.4 Å². The SMILES string of the molecule is Cc1c(Br)cccc1NC(=O)N1CCN(Cc2nc3ccccc3c(=O)[nH]2)CC1. The van der Waals surface area contributed by atoms with Crippen LogP contribution in [-0.2, 0) is 6.54 Å². The van der Waals surface area contributed by atoms with Crippen LogP contribution in [0.4, 0.5) is 10.5 Å². The number of carbonyl (C=O) groups excluding carboxylic acids is 1. The third-order valence-corrected chi connectivity index (χ3v) is 6.06. The highest BCUT2D eigenvalue weighted by molar-refractivity contribution is 9.10. The van der Waals surface area contributed by atoms with Crippen molar-refractivity contribution in [3.05, 3.63) is 68.7 Å². The third-order valence-electron chi connectivity index (χ3n) is 5.20. The monoisotopic (exact) mass is 455 g/mol. The van der Waals surface area contributed by atoms with Crippen LogP contribution in [0.2, 0.25) is 0 Å². The van der Waals surface area contributed by atoms with Gasteiger partial charge in [0.05, 0.1) is 17.4 Å². The van der Waals surface area contributed by atoms with Gasteiger partial charge in [-0.25, -0.2) is 9.78 Å². The number of carbonyl (C=O) groups is 1. The fourth-order valence-electron chi connectivity index (χ4n) is 3.47. The minimum absolute atomic E-state index is 0.0944. The number of aromatic amines is 1. The molecule has 1 aliphatic rings. The summed E-state index contributed by atoms with van der Waals surface area (Å²) in [6.45, 7) is 5.21. The summed E-state index contributed by atoms with van der Waals surface area (Å²) in [5, 5.41) is 3.59. The van der Waals surface area contributed by atoms with E-state index in [1.807, 2.05) is 48.2 Å². The number of amides is 2. The molecular formula is C21H22BrN5O2. The number of anilines is 1. The van der Waals surface area contributed by atoms with Gasteiger partial charge in [-0.2, -0.15) is 0 Å². The molecule has 1 aliphatic heterocycles. The zero-order valence-electron chi connectivity index (χ0n) is 16.1. The second-order valence-electron chi connectivity index (χ2n) is 7.14. The average molecular weight is 456 g/mol. The lowest BCUT2D eigenvalue weighted by Crippen LogP contribution is -2.49. The van der Waals surface area contributed by atoms with Crippen LogP contribution >= 0.6 is 15.9 Å². The normalized spacial score (nSPS) is 14.9. The van der Waals surface area contributed by atoms with Crippen LogP contribution in [0.5, 0.6) is 0 Å². The van der Waals surface area contributed by atoms with Gasteiger partial charge in [-0.15, -0.1) is 0 Å². The summed E-state index contributed by atoms with van der Waals surface area (Å²) in [6.07, 6.45) is 0. The summed E-state index contributed by atoms with van der Waals surface area (Å²) in [5.41, 5.74) is 2.40. The first-order chi connectivity index (χ1) is 14.0. The van der Waals surface area contributed by atoms with E-state index in [-0.39, 0.29) is 11.6 Å². The molecule has 0 unspecified atom stereocenters. The Kier molecular flexibility index (Phi) is 5.64. The van der Waals surface area contributed by atoms with Crippen LogP contribution in [0.15, 0.2) is 51.7 Å². The molecular weight excluding hydrogens is 434 g/mol. The quantitative estimate of drug-likeness (QED) is 0.634. The Morgan fingerprint density at radius 1 is 1.14 bits per heavy atom. The van der Waals surface area contributed by atoms with E-state index in [0.717, 1.165) is 28.8 Å². The van der Waals surface area contributed by atoms with Crippen LogP contribution in [-0.4, -0.2) is 52.0 Å². The van der Waals surface area contributed by atoms with Gasteiger partial charge in [0.2, 0.25) is 0 Å². The number of fused-ring (bicyclic) bond motifs is 1. The highest BCUT2D eigenvalue weighted by Crippen LogP contribution is 2.23. The van der Waals surface area contributed by atoms with E-state index in [0.29, 0.717) is 36.4 Å². The van der Waals surface area contributed by atoms with Gasteiger partial charge in [0, 0.05) is 36.3 Å². The Bertz CT molecular complexity index is 1110. The van der Waals surface area contributed by atoms with Crippen LogP contribution < -0.4 is 10.9 Å². The van der Waals surface area contributed by atoms with Gasteiger partial charge in [-0.1, -0.05) is 34.1 Å². The number of urea groups is 1. The summed E-state index contributed by atoms with van der Waals surface area (Å²) in [4.78, 5) is 36.3. The van der Waals surface area contributed by atoms with Gasteiger partial charge in [-0.05, 0) is 36.8 Å². The molecule has 0 atom stereocenters. The van der Waals surface area contributed by atoms with E-state index in [4.69, 9.17) is 0 Å². The van der Waals surface area contributed by atoms with E-state index >= 15 is 0 Å². The molecule has 0 spiro atoms. The van der Waals surface area contributed by atoms with Crippen molar-refractivity contribution in [2.24, 2.45) is 0 Å². The molecule has 29 heavy (non-hydrogen) atoms. The fourth-order valence-corrected chi connectivity index (χ4v) is 3.83. The van der Waals surface area contributed by atoms with Gasteiger partial charge < -0.3 is 15.2 Å². The lowest BCUT2D eigenvalue weighted by Gasteiger charge is -2.34. The molecule has 2 heterocycles. The minimum atomic E-state index is -0.118. The van der Waals surface area contributed by atoms with Crippen molar-refractivity contribution < 1.29 is 4.79 Å². The van der Waals surface area contributed by atoms with E-state index in [1.54, 1.807) is 6.07 Å². The van der Waals surface area contributed by atoms with Gasteiger partial charge in [0.25, 0.3) is 5.56 Å². The number of nitrogens with zero attached hydrogens (tertiary/aromatic N) is 3. The number of piperazine rings is 1. The predicted octanol–water partition coefficient (Wildman–Crippen LogP) is 3.34. The van der Waals surface area contributed by atoms with Crippen molar-refractivity contribution in [3.8, 4) is 0 Å². The van der Waals surface area contributed by atoms with Crippen molar-refractivity contribution in [3.63, 3.8) is 0 Å². The summed E-state index contributed by atoms with van der Waals surface area (Å²) >= 11 is 3.49. The molecule has 0 radical (unpaired) electrons. The molecule has 0 aliphatic carbocycles. The molecule has 8 heteroatoms. The summed E-state index contributed by atoms with van der Waals surface area (Å²) < 4.78 is 0.969. The van der Waals surface area contributed by atoms with Crippen LogP contribution in [0.25, 0.3) is 10.9 Å². The molecule has 7 nitrogen and oxygen atoms in total. The van der Waals surface area contributed by atoms with Crippen molar-refractivity contribution in [1.82, 2.24) is 19.8 Å². The highest BCUT2D eigenvalue weighted by Gasteiger charge is 2.22. The Morgan fingerprint density at radius 3 is 2.69 bits per heavy atom. The Morgan fingerprint density at radius 2 is 1.90 bits per heavy atom. The van der Waals surface area contributed by atoms with E-state index in [2.05, 4.69) is 36.1 Å². The summed E-state index contributed by atoms with van der Waals surface area (Å²) in [7, 11) is 0. The molecule has 4 rings (SSSR count). The molecule has 2 amide bonds. The Balaban J connectivity index is 1.36. The molecule has 1 aromatic heterocycles. The van der Waals surface area contributed by atoms with Crippen molar-refractivity contribution in [1.29, 1.82) is 0 Å². The first kappa shape index (κ1) is 19.6. The zero-order chi connectivity index (χ0) is 20.4. The lowest BCUT2D eigenvalue weighted by atomic mass is 10.2. The van der Waals surface area contributed by atoms with Crippen molar-refractivity contribution in [2.75, 3.05) is 31.5 Å². The molecule has 1 fully saturated rings.